The lowest BCUT2D eigenvalue weighted by Gasteiger charge is -2.26. The number of aromatic nitrogens is 1. The molecule has 1 N–H and O–H groups in total. The molecule has 0 aromatic carbocycles. The zero-order valence-electron chi connectivity index (χ0n) is 9.32. The van der Waals surface area contributed by atoms with Gasteiger partial charge in [0.2, 0.25) is 0 Å². The summed E-state index contributed by atoms with van der Waals surface area (Å²) in [6.07, 6.45) is 1.19. The molecule has 88 valence electrons. The van der Waals surface area contributed by atoms with Crippen LogP contribution in [0.1, 0.15) is 13.3 Å². The first kappa shape index (κ1) is 10.8. The van der Waals surface area contributed by atoms with Gasteiger partial charge in [0.15, 0.2) is 5.13 Å². The zero-order valence-corrected chi connectivity index (χ0v) is 10.9. The molecule has 1 aromatic heterocycles. The SMILES string of the molecule is CCC1C2CNCC2CN1c1nc(Cl)cs1. The maximum Gasteiger partial charge on any atom is 0.187 e. The van der Waals surface area contributed by atoms with Crippen molar-refractivity contribution >= 4 is 28.1 Å². The van der Waals surface area contributed by atoms with E-state index in [2.05, 4.69) is 22.1 Å². The second-order valence-electron chi connectivity index (χ2n) is 4.66. The second kappa shape index (κ2) is 4.17. The van der Waals surface area contributed by atoms with Gasteiger partial charge in [-0.25, -0.2) is 4.98 Å². The van der Waals surface area contributed by atoms with E-state index in [0.717, 1.165) is 30.1 Å². The molecule has 0 bridgehead atoms. The van der Waals surface area contributed by atoms with Gasteiger partial charge in [-0.1, -0.05) is 18.5 Å². The van der Waals surface area contributed by atoms with E-state index in [-0.39, 0.29) is 0 Å². The first-order valence-electron chi connectivity index (χ1n) is 5.88. The van der Waals surface area contributed by atoms with E-state index in [9.17, 15) is 0 Å². The molecule has 3 unspecified atom stereocenters. The van der Waals surface area contributed by atoms with Crippen LogP contribution in [0.4, 0.5) is 5.13 Å². The lowest BCUT2D eigenvalue weighted by Crippen LogP contribution is -2.34. The first-order valence-corrected chi connectivity index (χ1v) is 7.13. The van der Waals surface area contributed by atoms with Crippen molar-refractivity contribution in [3.05, 3.63) is 10.5 Å². The van der Waals surface area contributed by atoms with Crippen LogP contribution in [0.2, 0.25) is 5.15 Å². The Morgan fingerprint density at radius 1 is 1.62 bits per heavy atom. The highest BCUT2D eigenvalue weighted by Crippen LogP contribution is 2.38. The number of thiazole rings is 1. The zero-order chi connectivity index (χ0) is 11.1. The quantitative estimate of drug-likeness (QED) is 0.881. The van der Waals surface area contributed by atoms with Gasteiger partial charge in [0.25, 0.3) is 0 Å². The van der Waals surface area contributed by atoms with Crippen molar-refractivity contribution in [1.82, 2.24) is 10.3 Å². The number of halogens is 1. The molecule has 3 nitrogen and oxygen atoms in total. The van der Waals surface area contributed by atoms with Crippen molar-refractivity contribution in [1.29, 1.82) is 0 Å². The van der Waals surface area contributed by atoms with E-state index in [1.165, 1.54) is 13.0 Å². The van der Waals surface area contributed by atoms with Crippen LogP contribution in [0.3, 0.4) is 0 Å². The van der Waals surface area contributed by atoms with Gasteiger partial charge in [0.1, 0.15) is 5.15 Å². The Balaban J connectivity index is 1.85. The summed E-state index contributed by atoms with van der Waals surface area (Å²) in [5.74, 6) is 1.60. The molecule has 2 fully saturated rings. The summed E-state index contributed by atoms with van der Waals surface area (Å²) < 4.78 is 0. The highest BCUT2D eigenvalue weighted by atomic mass is 35.5. The lowest BCUT2D eigenvalue weighted by molar-refractivity contribution is 0.442. The number of nitrogens with zero attached hydrogens (tertiary/aromatic N) is 2. The van der Waals surface area contributed by atoms with E-state index in [4.69, 9.17) is 11.6 Å². The van der Waals surface area contributed by atoms with Gasteiger partial charge >= 0.3 is 0 Å². The fraction of sp³-hybridized carbons (Fsp3) is 0.727. The molecule has 16 heavy (non-hydrogen) atoms. The van der Waals surface area contributed by atoms with Crippen molar-refractivity contribution in [3.63, 3.8) is 0 Å². The molecule has 0 radical (unpaired) electrons. The fourth-order valence-corrected chi connectivity index (χ4v) is 4.16. The normalized spacial score (nSPS) is 33.4. The van der Waals surface area contributed by atoms with Crippen LogP contribution < -0.4 is 10.2 Å². The smallest absolute Gasteiger partial charge is 0.187 e. The number of anilines is 1. The van der Waals surface area contributed by atoms with Crippen molar-refractivity contribution < 1.29 is 0 Å². The summed E-state index contributed by atoms with van der Waals surface area (Å²) in [5.41, 5.74) is 0. The second-order valence-corrected chi connectivity index (χ2v) is 5.89. The Morgan fingerprint density at radius 2 is 2.50 bits per heavy atom. The summed E-state index contributed by atoms with van der Waals surface area (Å²) in [5, 5.41) is 7.16. The monoisotopic (exact) mass is 257 g/mol. The number of rotatable bonds is 2. The summed E-state index contributed by atoms with van der Waals surface area (Å²) in [7, 11) is 0. The third kappa shape index (κ3) is 1.63. The maximum absolute atomic E-state index is 5.91. The minimum absolute atomic E-state index is 0.630. The summed E-state index contributed by atoms with van der Waals surface area (Å²) in [4.78, 5) is 6.87. The number of hydrogen-bond donors (Lipinski definition) is 1. The lowest BCUT2D eigenvalue weighted by atomic mass is 9.93. The molecule has 1 aromatic rings. The molecule has 2 aliphatic rings. The maximum atomic E-state index is 5.91. The van der Waals surface area contributed by atoms with Gasteiger partial charge in [-0.2, -0.15) is 0 Å². The summed E-state index contributed by atoms with van der Waals surface area (Å²) in [6.45, 7) is 5.74. The predicted octanol–water partition coefficient (Wildman–Crippen LogP) is 2.23. The van der Waals surface area contributed by atoms with Crippen LogP contribution in [0.5, 0.6) is 0 Å². The van der Waals surface area contributed by atoms with E-state index in [1.807, 2.05) is 5.38 Å². The van der Waals surface area contributed by atoms with Gasteiger partial charge in [-0.15, -0.1) is 11.3 Å². The predicted molar refractivity (Wildman–Crippen MR) is 68.4 cm³/mol. The van der Waals surface area contributed by atoms with Crippen molar-refractivity contribution in [3.8, 4) is 0 Å². The van der Waals surface area contributed by atoms with Gasteiger partial charge in [-0.3, -0.25) is 0 Å². The summed E-state index contributed by atoms with van der Waals surface area (Å²) in [6, 6.07) is 0.641. The van der Waals surface area contributed by atoms with E-state index in [1.54, 1.807) is 11.3 Å². The van der Waals surface area contributed by atoms with Crippen molar-refractivity contribution in [2.45, 2.75) is 19.4 Å². The highest BCUT2D eigenvalue weighted by Gasteiger charge is 2.43. The molecule has 2 aliphatic heterocycles. The first-order chi connectivity index (χ1) is 7.79. The van der Waals surface area contributed by atoms with Crippen LogP contribution in [-0.4, -0.2) is 30.7 Å². The van der Waals surface area contributed by atoms with Crippen molar-refractivity contribution in [2.75, 3.05) is 24.5 Å². The Labute approximate surface area is 105 Å². The largest absolute Gasteiger partial charge is 0.344 e. The van der Waals surface area contributed by atoms with Crippen LogP contribution in [0.25, 0.3) is 0 Å². The average molecular weight is 258 g/mol. The number of fused-ring (bicyclic) bond motifs is 1. The molecule has 0 spiro atoms. The van der Waals surface area contributed by atoms with E-state index >= 15 is 0 Å². The van der Waals surface area contributed by atoms with Crippen molar-refractivity contribution in [2.24, 2.45) is 11.8 Å². The van der Waals surface area contributed by atoms with Gasteiger partial charge in [0.05, 0.1) is 0 Å². The molecule has 5 heteroatoms. The molecule has 0 amide bonds. The molecule has 0 aliphatic carbocycles. The third-order valence-electron chi connectivity index (χ3n) is 3.85. The van der Waals surface area contributed by atoms with E-state index < -0.39 is 0 Å². The minimum Gasteiger partial charge on any atom is -0.344 e. The number of nitrogens with one attached hydrogen (secondary N) is 1. The third-order valence-corrected chi connectivity index (χ3v) is 5.05. The highest BCUT2D eigenvalue weighted by molar-refractivity contribution is 7.14. The molecule has 0 saturated carbocycles. The minimum atomic E-state index is 0.630. The molecular formula is C11H16ClN3S. The fourth-order valence-electron chi connectivity index (χ4n) is 3.14. The van der Waals surface area contributed by atoms with Crippen LogP contribution in [0.15, 0.2) is 5.38 Å². The Hall–Kier alpha value is -0.320. The molecule has 3 atom stereocenters. The molecule has 2 saturated heterocycles. The Morgan fingerprint density at radius 3 is 3.19 bits per heavy atom. The Kier molecular flexibility index (Phi) is 2.81. The van der Waals surface area contributed by atoms with Crippen LogP contribution >= 0.6 is 22.9 Å². The van der Waals surface area contributed by atoms with Crippen LogP contribution in [-0.2, 0) is 0 Å². The average Bonchev–Trinajstić information content (AvgIpc) is 2.90. The van der Waals surface area contributed by atoms with Gasteiger partial charge < -0.3 is 10.2 Å². The summed E-state index contributed by atoms with van der Waals surface area (Å²) >= 11 is 7.58. The molecule has 3 rings (SSSR count). The topological polar surface area (TPSA) is 28.2 Å². The standard InChI is InChI=1S/C11H16ClN3S/c1-2-9-8-4-13-3-7(8)5-15(9)11-14-10(12)6-16-11/h6-9,13H,2-5H2,1H3. The molecule has 3 heterocycles. The number of hydrogen-bond acceptors (Lipinski definition) is 4. The van der Waals surface area contributed by atoms with Gasteiger partial charge in [0, 0.05) is 31.1 Å². The molecular weight excluding hydrogens is 242 g/mol. The Bertz CT molecular complexity index is 381. The van der Waals surface area contributed by atoms with Crippen LogP contribution in [0, 0.1) is 11.8 Å². The van der Waals surface area contributed by atoms with E-state index in [0.29, 0.717) is 11.2 Å². The van der Waals surface area contributed by atoms with Gasteiger partial charge in [-0.05, 0) is 18.3 Å².